The Kier molecular flexibility index (Phi) is 3.14. The molecule has 0 aliphatic carbocycles. The average Bonchev–Trinajstić information content (AvgIpc) is 2.29. The van der Waals surface area contributed by atoms with Gasteiger partial charge in [0.25, 0.3) is 0 Å². The molecule has 0 spiro atoms. The molecule has 0 N–H and O–H groups in total. The van der Waals surface area contributed by atoms with Crippen molar-refractivity contribution in [3.63, 3.8) is 0 Å². The van der Waals surface area contributed by atoms with E-state index in [0.29, 0.717) is 0 Å². The van der Waals surface area contributed by atoms with E-state index in [-0.39, 0.29) is 0 Å². The molecule has 0 unspecified atom stereocenters. The fraction of sp³-hybridized carbons (Fsp3) is 0.364. The Morgan fingerprint density at radius 1 is 1.14 bits per heavy atom. The molecular formula is C11H14N2O. The lowest BCUT2D eigenvalue weighted by Gasteiger charge is -2.23. The van der Waals surface area contributed by atoms with E-state index < -0.39 is 0 Å². The minimum Gasteiger partial charge on any atom is -0.378 e. The largest absolute Gasteiger partial charge is 0.378 e. The predicted molar refractivity (Wildman–Crippen MR) is 56.4 cm³/mol. The van der Waals surface area contributed by atoms with Crippen molar-refractivity contribution in [3.05, 3.63) is 35.9 Å². The third-order valence-corrected chi connectivity index (χ3v) is 2.16. The summed E-state index contributed by atoms with van der Waals surface area (Å²) in [4.78, 5) is 0. The molecule has 0 atom stereocenters. The molecule has 14 heavy (non-hydrogen) atoms. The summed E-state index contributed by atoms with van der Waals surface area (Å²) in [5.41, 5.74) is 1.14. The predicted octanol–water partition coefficient (Wildman–Crippen LogP) is 1.35. The zero-order valence-corrected chi connectivity index (χ0v) is 8.10. The van der Waals surface area contributed by atoms with Gasteiger partial charge in [-0.3, -0.25) is 5.01 Å². The van der Waals surface area contributed by atoms with Crippen molar-refractivity contribution in [1.29, 1.82) is 0 Å². The van der Waals surface area contributed by atoms with Crippen molar-refractivity contribution in [1.82, 2.24) is 5.01 Å². The Morgan fingerprint density at radius 3 is 2.57 bits per heavy atom. The first kappa shape index (κ1) is 9.21. The smallest absolute Gasteiger partial charge is 0.0659 e. The van der Waals surface area contributed by atoms with Crippen LogP contribution in [0.2, 0.25) is 0 Å². The number of benzene rings is 1. The van der Waals surface area contributed by atoms with Gasteiger partial charge >= 0.3 is 0 Å². The van der Waals surface area contributed by atoms with E-state index in [2.05, 4.69) is 5.10 Å². The van der Waals surface area contributed by atoms with Crippen LogP contribution in [0.3, 0.4) is 0 Å². The van der Waals surface area contributed by atoms with Gasteiger partial charge in [0.1, 0.15) is 0 Å². The summed E-state index contributed by atoms with van der Waals surface area (Å²) >= 11 is 0. The minimum absolute atomic E-state index is 0.784. The second-order valence-corrected chi connectivity index (χ2v) is 3.22. The van der Waals surface area contributed by atoms with Gasteiger partial charge in [-0.15, -0.1) is 0 Å². The topological polar surface area (TPSA) is 24.8 Å². The first-order valence-corrected chi connectivity index (χ1v) is 4.87. The standard InChI is InChI=1S/C11H14N2O/c1-2-4-11(5-3-1)10-12-13-6-8-14-9-7-13/h1-5,10H,6-9H2. The Bertz CT molecular complexity index is 291. The van der Waals surface area contributed by atoms with E-state index in [9.17, 15) is 0 Å². The fourth-order valence-corrected chi connectivity index (χ4v) is 1.36. The number of ether oxygens (including phenoxy) is 1. The number of rotatable bonds is 2. The van der Waals surface area contributed by atoms with Gasteiger partial charge in [0.15, 0.2) is 0 Å². The molecule has 1 aromatic rings. The Labute approximate surface area is 84.0 Å². The molecule has 1 heterocycles. The number of morpholine rings is 1. The molecule has 2 rings (SSSR count). The van der Waals surface area contributed by atoms with Crippen molar-refractivity contribution in [2.45, 2.75) is 0 Å². The normalized spacial score (nSPS) is 17.6. The number of hydrogen-bond donors (Lipinski definition) is 0. The monoisotopic (exact) mass is 190 g/mol. The van der Waals surface area contributed by atoms with E-state index in [4.69, 9.17) is 4.74 Å². The van der Waals surface area contributed by atoms with Crippen LogP contribution in [0.4, 0.5) is 0 Å². The Morgan fingerprint density at radius 2 is 1.86 bits per heavy atom. The van der Waals surface area contributed by atoms with Gasteiger partial charge in [-0.2, -0.15) is 5.10 Å². The first-order valence-electron chi connectivity index (χ1n) is 4.87. The third-order valence-electron chi connectivity index (χ3n) is 2.16. The maximum Gasteiger partial charge on any atom is 0.0659 e. The highest BCUT2D eigenvalue weighted by atomic mass is 16.5. The highest BCUT2D eigenvalue weighted by molar-refractivity contribution is 5.79. The van der Waals surface area contributed by atoms with Gasteiger partial charge < -0.3 is 4.74 Å². The molecule has 0 bridgehead atoms. The van der Waals surface area contributed by atoms with Gasteiger partial charge in [0.05, 0.1) is 32.5 Å². The maximum atomic E-state index is 5.24. The molecule has 1 fully saturated rings. The summed E-state index contributed by atoms with van der Waals surface area (Å²) < 4.78 is 5.24. The molecule has 0 radical (unpaired) electrons. The van der Waals surface area contributed by atoms with Crippen molar-refractivity contribution in [3.8, 4) is 0 Å². The lowest BCUT2D eigenvalue weighted by Crippen LogP contribution is -2.32. The number of hydrogen-bond acceptors (Lipinski definition) is 3. The number of nitrogens with zero attached hydrogens (tertiary/aromatic N) is 2. The van der Waals surface area contributed by atoms with E-state index in [0.717, 1.165) is 31.9 Å². The SMILES string of the molecule is C(=NN1CCOCC1)c1ccccc1. The maximum absolute atomic E-state index is 5.24. The van der Waals surface area contributed by atoms with Crippen molar-refractivity contribution < 1.29 is 4.74 Å². The first-order chi connectivity index (χ1) is 6.95. The summed E-state index contributed by atoms with van der Waals surface area (Å²) in [6.45, 7) is 3.35. The van der Waals surface area contributed by atoms with Crippen LogP contribution < -0.4 is 0 Å². The zero-order chi connectivity index (χ0) is 9.64. The van der Waals surface area contributed by atoms with Crippen LogP contribution in [-0.2, 0) is 4.74 Å². The Hall–Kier alpha value is -1.35. The molecule has 3 heteroatoms. The molecule has 0 amide bonds. The number of hydrazone groups is 1. The van der Waals surface area contributed by atoms with Gasteiger partial charge in [0, 0.05) is 0 Å². The minimum atomic E-state index is 0.784. The van der Waals surface area contributed by atoms with E-state index in [1.807, 2.05) is 41.6 Å². The van der Waals surface area contributed by atoms with Crippen LogP contribution in [0.25, 0.3) is 0 Å². The van der Waals surface area contributed by atoms with Crippen molar-refractivity contribution in [2.24, 2.45) is 5.10 Å². The van der Waals surface area contributed by atoms with E-state index in [1.165, 1.54) is 0 Å². The van der Waals surface area contributed by atoms with Crippen LogP contribution in [0.15, 0.2) is 35.4 Å². The second-order valence-electron chi connectivity index (χ2n) is 3.22. The van der Waals surface area contributed by atoms with Crippen LogP contribution in [0, 0.1) is 0 Å². The van der Waals surface area contributed by atoms with E-state index in [1.54, 1.807) is 0 Å². The summed E-state index contributed by atoms with van der Waals surface area (Å²) in [5.74, 6) is 0. The van der Waals surface area contributed by atoms with Gasteiger partial charge in [0.2, 0.25) is 0 Å². The average molecular weight is 190 g/mol. The van der Waals surface area contributed by atoms with E-state index >= 15 is 0 Å². The molecule has 3 nitrogen and oxygen atoms in total. The van der Waals surface area contributed by atoms with Gasteiger partial charge in [-0.25, -0.2) is 0 Å². The summed E-state index contributed by atoms with van der Waals surface area (Å²) in [6, 6.07) is 10.1. The summed E-state index contributed by atoms with van der Waals surface area (Å²) in [7, 11) is 0. The van der Waals surface area contributed by atoms with Gasteiger partial charge in [-0.1, -0.05) is 30.3 Å². The lowest BCUT2D eigenvalue weighted by molar-refractivity contribution is 0.0397. The molecule has 1 aromatic carbocycles. The molecule has 1 aliphatic heterocycles. The van der Waals surface area contributed by atoms with Crippen molar-refractivity contribution in [2.75, 3.05) is 26.3 Å². The highest BCUT2D eigenvalue weighted by Crippen LogP contribution is 1.99. The van der Waals surface area contributed by atoms with Crippen LogP contribution >= 0.6 is 0 Å². The Balaban J connectivity index is 1.93. The molecule has 1 saturated heterocycles. The highest BCUT2D eigenvalue weighted by Gasteiger charge is 2.05. The molecule has 1 aliphatic rings. The van der Waals surface area contributed by atoms with Crippen LogP contribution in [-0.4, -0.2) is 37.5 Å². The van der Waals surface area contributed by atoms with Gasteiger partial charge in [-0.05, 0) is 5.56 Å². The lowest BCUT2D eigenvalue weighted by atomic mass is 10.2. The van der Waals surface area contributed by atoms with Crippen LogP contribution in [0.1, 0.15) is 5.56 Å². The molecular weight excluding hydrogens is 176 g/mol. The summed E-state index contributed by atoms with van der Waals surface area (Å²) in [5, 5.41) is 6.42. The summed E-state index contributed by atoms with van der Waals surface area (Å²) in [6.07, 6.45) is 1.89. The quantitative estimate of drug-likeness (QED) is 0.658. The fourth-order valence-electron chi connectivity index (χ4n) is 1.36. The zero-order valence-electron chi connectivity index (χ0n) is 8.10. The second kappa shape index (κ2) is 4.77. The molecule has 74 valence electrons. The third kappa shape index (κ3) is 2.57. The molecule has 0 aromatic heterocycles. The molecule has 0 saturated carbocycles. The van der Waals surface area contributed by atoms with Crippen molar-refractivity contribution >= 4 is 6.21 Å². The van der Waals surface area contributed by atoms with Crippen LogP contribution in [0.5, 0.6) is 0 Å².